The number of Topliss-reactive ketones (excluding diaryl/α,β-unsaturated/α-hetero) is 1. The van der Waals surface area contributed by atoms with Crippen LogP contribution in [-0.2, 0) is 19.1 Å². The van der Waals surface area contributed by atoms with Crippen LogP contribution in [0.3, 0.4) is 0 Å². The van der Waals surface area contributed by atoms with E-state index in [-0.39, 0.29) is 18.2 Å². The van der Waals surface area contributed by atoms with E-state index in [1.165, 1.54) is 0 Å². The van der Waals surface area contributed by atoms with Crippen LogP contribution in [0.4, 0.5) is 0 Å². The van der Waals surface area contributed by atoms with Crippen molar-refractivity contribution < 1.29 is 19.1 Å². The standard InChI is InChI=1S/C12H17O4/c13-10-5-3-1-2-4-9(10)11-8-15-7-6-12(14)16-11/h11H,1-8H2. The van der Waals surface area contributed by atoms with Crippen LogP contribution in [-0.4, -0.2) is 31.1 Å². The van der Waals surface area contributed by atoms with E-state index in [0.29, 0.717) is 19.6 Å². The molecule has 0 aromatic carbocycles. The minimum absolute atomic E-state index is 0.154. The number of ketones is 1. The molecule has 4 nitrogen and oxygen atoms in total. The van der Waals surface area contributed by atoms with Crippen LogP contribution < -0.4 is 0 Å². The predicted octanol–water partition coefficient (Wildman–Crippen LogP) is 1.43. The van der Waals surface area contributed by atoms with Crippen LogP contribution >= 0.6 is 0 Å². The molecule has 0 bridgehead atoms. The van der Waals surface area contributed by atoms with Crippen LogP contribution in [0.15, 0.2) is 0 Å². The molecular weight excluding hydrogens is 208 g/mol. The van der Waals surface area contributed by atoms with Gasteiger partial charge in [-0.05, 0) is 12.8 Å². The molecule has 0 aromatic heterocycles. The zero-order valence-electron chi connectivity index (χ0n) is 9.37. The first-order chi connectivity index (χ1) is 7.77. The monoisotopic (exact) mass is 225 g/mol. The number of cyclic esters (lactones) is 1. The van der Waals surface area contributed by atoms with Crippen molar-refractivity contribution in [2.75, 3.05) is 13.2 Å². The second-order valence-electron chi connectivity index (χ2n) is 4.31. The molecule has 1 saturated carbocycles. The van der Waals surface area contributed by atoms with Gasteiger partial charge in [-0.15, -0.1) is 0 Å². The molecule has 0 aromatic rings. The fourth-order valence-corrected chi connectivity index (χ4v) is 2.19. The van der Waals surface area contributed by atoms with Crippen LogP contribution in [0.25, 0.3) is 0 Å². The molecule has 1 aliphatic heterocycles. The van der Waals surface area contributed by atoms with Crippen LogP contribution in [0.1, 0.15) is 38.5 Å². The van der Waals surface area contributed by atoms with Gasteiger partial charge in [0.1, 0.15) is 11.9 Å². The van der Waals surface area contributed by atoms with Gasteiger partial charge < -0.3 is 9.47 Å². The number of esters is 1. The van der Waals surface area contributed by atoms with Crippen molar-refractivity contribution in [3.05, 3.63) is 5.92 Å². The minimum atomic E-state index is -0.430. The van der Waals surface area contributed by atoms with Crippen LogP contribution in [0.2, 0.25) is 0 Å². The maximum absolute atomic E-state index is 11.8. The lowest BCUT2D eigenvalue weighted by Gasteiger charge is -2.21. The largest absolute Gasteiger partial charge is 0.459 e. The smallest absolute Gasteiger partial charge is 0.308 e. The van der Waals surface area contributed by atoms with Gasteiger partial charge in [-0.1, -0.05) is 12.8 Å². The summed E-state index contributed by atoms with van der Waals surface area (Å²) in [4.78, 5) is 23.2. The van der Waals surface area contributed by atoms with Gasteiger partial charge >= 0.3 is 5.97 Å². The lowest BCUT2D eigenvalue weighted by atomic mass is 9.93. The number of hydrogen-bond donors (Lipinski definition) is 0. The molecule has 16 heavy (non-hydrogen) atoms. The van der Waals surface area contributed by atoms with E-state index < -0.39 is 6.10 Å². The van der Waals surface area contributed by atoms with Crippen LogP contribution in [0, 0.1) is 5.92 Å². The van der Waals surface area contributed by atoms with E-state index in [2.05, 4.69) is 0 Å². The minimum Gasteiger partial charge on any atom is -0.459 e. The lowest BCUT2D eigenvalue weighted by molar-refractivity contribution is -0.147. The number of carbonyl (C=O) groups excluding carboxylic acids is 2. The Morgan fingerprint density at radius 2 is 1.81 bits per heavy atom. The fraction of sp³-hybridized carbons (Fsp3) is 0.750. The normalized spacial score (nSPS) is 29.4. The van der Waals surface area contributed by atoms with Crippen LogP contribution in [0.5, 0.6) is 0 Å². The molecule has 1 aliphatic carbocycles. The van der Waals surface area contributed by atoms with Gasteiger partial charge in [-0.2, -0.15) is 0 Å². The van der Waals surface area contributed by atoms with E-state index in [9.17, 15) is 9.59 Å². The molecule has 1 heterocycles. The van der Waals surface area contributed by atoms with Gasteiger partial charge in [0.15, 0.2) is 0 Å². The highest BCUT2D eigenvalue weighted by Crippen LogP contribution is 2.27. The Balaban J connectivity index is 2.02. The molecule has 89 valence electrons. The summed E-state index contributed by atoms with van der Waals surface area (Å²) in [6.07, 6.45) is 4.23. The Hall–Kier alpha value is -0.900. The molecule has 1 unspecified atom stereocenters. The van der Waals surface area contributed by atoms with E-state index >= 15 is 0 Å². The Labute approximate surface area is 95.3 Å². The number of rotatable bonds is 1. The molecule has 0 amide bonds. The maximum Gasteiger partial charge on any atom is 0.308 e. The van der Waals surface area contributed by atoms with Gasteiger partial charge in [-0.25, -0.2) is 0 Å². The predicted molar refractivity (Wildman–Crippen MR) is 56.7 cm³/mol. The SMILES string of the molecule is O=C1CCOCC([C]2CCCCCC2=O)O1. The van der Waals surface area contributed by atoms with E-state index in [1.54, 1.807) is 0 Å². The zero-order chi connectivity index (χ0) is 11.4. The highest BCUT2D eigenvalue weighted by Gasteiger charge is 2.34. The van der Waals surface area contributed by atoms with E-state index in [1.807, 2.05) is 0 Å². The molecule has 1 saturated heterocycles. The third kappa shape index (κ3) is 2.82. The number of carbonyl (C=O) groups is 2. The van der Waals surface area contributed by atoms with Gasteiger partial charge in [0, 0.05) is 6.42 Å². The van der Waals surface area contributed by atoms with Gasteiger partial charge in [0.2, 0.25) is 0 Å². The summed E-state index contributed by atoms with van der Waals surface area (Å²) in [5.74, 6) is 0.653. The molecule has 2 aliphatic rings. The summed E-state index contributed by atoms with van der Waals surface area (Å²) in [5.41, 5.74) is 0. The third-order valence-electron chi connectivity index (χ3n) is 3.09. The van der Waals surface area contributed by atoms with Crippen molar-refractivity contribution >= 4 is 11.8 Å². The zero-order valence-corrected chi connectivity index (χ0v) is 9.37. The highest BCUT2D eigenvalue weighted by molar-refractivity contribution is 5.93. The second-order valence-corrected chi connectivity index (χ2v) is 4.31. The summed E-state index contributed by atoms with van der Waals surface area (Å²) < 4.78 is 10.6. The highest BCUT2D eigenvalue weighted by atomic mass is 16.6. The van der Waals surface area contributed by atoms with Crippen molar-refractivity contribution in [2.45, 2.75) is 44.6 Å². The van der Waals surface area contributed by atoms with Crippen molar-refractivity contribution in [3.8, 4) is 0 Å². The first-order valence-corrected chi connectivity index (χ1v) is 5.93. The average molecular weight is 225 g/mol. The Bertz CT molecular complexity index is 274. The van der Waals surface area contributed by atoms with Crippen molar-refractivity contribution in [1.82, 2.24) is 0 Å². The first-order valence-electron chi connectivity index (χ1n) is 5.93. The quantitative estimate of drug-likeness (QED) is 0.500. The Kier molecular flexibility index (Phi) is 3.93. The Morgan fingerprint density at radius 1 is 1.00 bits per heavy atom. The summed E-state index contributed by atoms with van der Waals surface area (Å²) >= 11 is 0. The number of ether oxygens (including phenoxy) is 2. The topological polar surface area (TPSA) is 52.6 Å². The van der Waals surface area contributed by atoms with Gasteiger partial charge in [-0.3, -0.25) is 9.59 Å². The molecular formula is C12H17O4. The first kappa shape index (κ1) is 11.6. The number of hydrogen-bond acceptors (Lipinski definition) is 4. The average Bonchev–Trinajstić information content (AvgIpc) is 2.58. The van der Waals surface area contributed by atoms with E-state index in [4.69, 9.17) is 9.47 Å². The summed E-state index contributed by atoms with van der Waals surface area (Å²) in [6.45, 7) is 0.740. The molecule has 2 fully saturated rings. The van der Waals surface area contributed by atoms with Crippen molar-refractivity contribution in [1.29, 1.82) is 0 Å². The molecule has 4 heteroatoms. The third-order valence-corrected chi connectivity index (χ3v) is 3.09. The van der Waals surface area contributed by atoms with E-state index in [0.717, 1.165) is 31.6 Å². The van der Waals surface area contributed by atoms with Crippen molar-refractivity contribution in [3.63, 3.8) is 0 Å². The fourth-order valence-electron chi connectivity index (χ4n) is 2.19. The van der Waals surface area contributed by atoms with Gasteiger partial charge in [0.25, 0.3) is 0 Å². The molecule has 1 radical (unpaired) electrons. The molecule has 1 atom stereocenters. The molecule has 0 spiro atoms. The lowest BCUT2D eigenvalue weighted by Crippen LogP contribution is -2.32. The molecule has 2 rings (SSSR count). The summed E-state index contributed by atoms with van der Waals surface area (Å²) in [7, 11) is 0. The summed E-state index contributed by atoms with van der Waals surface area (Å²) in [6, 6.07) is 0. The maximum atomic E-state index is 11.8. The summed E-state index contributed by atoms with van der Waals surface area (Å²) in [5, 5.41) is 0. The molecule has 0 N–H and O–H groups in total. The van der Waals surface area contributed by atoms with Crippen molar-refractivity contribution in [2.24, 2.45) is 0 Å². The van der Waals surface area contributed by atoms with Gasteiger partial charge in [0.05, 0.1) is 25.6 Å². The Morgan fingerprint density at radius 3 is 2.69 bits per heavy atom. The second kappa shape index (κ2) is 5.43.